The fourth-order valence-corrected chi connectivity index (χ4v) is 1.98. The van der Waals surface area contributed by atoms with Gasteiger partial charge in [-0.3, -0.25) is 0 Å². The number of ether oxygens (including phenoxy) is 2. The van der Waals surface area contributed by atoms with E-state index in [1.807, 2.05) is 0 Å². The van der Waals surface area contributed by atoms with Gasteiger partial charge in [0.05, 0.1) is 11.1 Å². The van der Waals surface area contributed by atoms with Crippen LogP contribution in [0.1, 0.15) is 27.6 Å². The maximum Gasteiger partial charge on any atom is 0.348 e. The Morgan fingerprint density at radius 2 is 1.21 bits per heavy atom. The summed E-state index contributed by atoms with van der Waals surface area (Å²) in [6, 6.07) is 16.1. The molecule has 0 amide bonds. The van der Waals surface area contributed by atoms with Crippen molar-refractivity contribution >= 4 is 17.9 Å². The molecule has 0 fully saturated rings. The Morgan fingerprint density at radius 1 is 0.792 bits per heavy atom. The van der Waals surface area contributed by atoms with E-state index in [2.05, 4.69) is 0 Å². The zero-order chi connectivity index (χ0) is 17.5. The van der Waals surface area contributed by atoms with Crippen LogP contribution in [0, 0.1) is 0 Å². The zero-order valence-corrected chi connectivity index (χ0v) is 12.9. The molecule has 0 unspecified atom stereocenters. The Kier molecular flexibility index (Phi) is 5.68. The SMILES string of the molecule is C[C@H](OC(=O)c1ccccc1)[C@@H](OC(=O)c1ccccc1)C(=O)O. The smallest absolute Gasteiger partial charge is 0.348 e. The normalized spacial score (nSPS) is 12.7. The molecule has 0 aliphatic carbocycles. The molecule has 6 heteroatoms. The zero-order valence-electron chi connectivity index (χ0n) is 12.9. The molecule has 0 spiro atoms. The minimum atomic E-state index is -1.61. The van der Waals surface area contributed by atoms with Crippen molar-refractivity contribution in [1.82, 2.24) is 0 Å². The molecule has 0 saturated carbocycles. The molecule has 2 atom stereocenters. The summed E-state index contributed by atoms with van der Waals surface area (Å²) in [4.78, 5) is 35.3. The lowest BCUT2D eigenvalue weighted by molar-refractivity contribution is -0.153. The molecule has 6 nitrogen and oxygen atoms in total. The number of hydrogen-bond acceptors (Lipinski definition) is 5. The van der Waals surface area contributed by atoms with Gasteiger partial charge in [-0.2, -0.15) is 0 Å². The summed E-state index contributed by atoms with van der Waals surface area (Å²) >= 11 is 0. The molecule has 0 heterocycles. The van der Waals surface area contributed by atoms with Gasteiger partial charge < -0.3 is 14.6 Å². The van der Waals surface area contributed by atoms with Crippen LogP contribution in [-0.4, -0.2) is 35.2 Å². The van der Waals surface area contributed by atoms with Crippen LogP contribution in [0.15, 0.2) is 60.7 Å². The molecule has 0 saturated heterocycles. The van der Waals surface area contributed by atoms with Gasteiger partial charge in [-0.05, 0) is 31.2 Å². The molecule has 2 aromatic rings. The fourth-order valence-electron chi connectivity index (χ4n) is 1.98. The van der Waals surface area contributed by atoms with Gasteiger partial charge in [0.25, 0.3) is 0 Å². The second-order valence-corrected chi connectivity index (χ2v) is 5.01. The van der Waals surface area contributed by atoms with Crippen molar-refractivity contribution < 1.29 is 29.0 Å². The standard InChI is InChI=1S/C18H16O6/c1-12(23-17(21)13-8-4-2-5-9-13)15(16(19)20)24-18(22)14-10-6-3-7-11-14/h2-12,15H,1H3,(H,19,20)/t12-,15+/m0/s1. The van der Waals surface area contributed by atoms with Crippen LogP contribution in [0.2, 0.25) is 0 Å². The lowest BCUT2D eigenvalue weighted by atomic mass is 10.2. The lowest BCUT2D eigenvalue weighted by Crippen LogP contribution is -2.39. The summed E-state index contributed by atoms with van der Waals surface area (Å²) in [5.41, 5.74) is 0.494. The van der Waals surface area contributed by atoms with Gasteiger partial charge >= 0.3 is 17.9 Å². The van der Waals surface area contributed by atoms with Crippen LogP contribution in [0.5, 0.6) is 0 Å². The van der Waals surface area contributed by atoms with Gasteiger partial charge in [-0.1, -0.05) is 36.4 Å². The van der Waals surface area contributed by atoms with Crippen LogP contribution in [-0.2, 0) is 14.3 Å². The molecule has 0 aliphatic heterocycles. The number of carboxylic acid groups (broad SMARTS) is 1. The van der Waals surface area contributed by atoms with E-state index < -0.39 is 30.1 Å². The molecular formula is C18H16O6. The molecule has 2 rings (SSSR count). The number of benzene rings is 2. The molecule has 24 heavy (non-hydrogen) atoms. The molecule has 1 N–H and O–H groups in total. The number of carbonyl (C=O) groups excluding carboxylic acids is 2. The predicted molar refractivity (Wildman–Crippen MR) is 84.6 cm³/mol. The Labute approximate surface area is 138 Å². The lowest BCUT2D eigenvalue weighted by Gasteiger charge is -2.20. The van der Waals surface area contributed by atoms with E-state index in [1.165, 1.54) is 19.1 Å². The highest BCUT2D eigenvalue weighted by molar-refractivity contribution is 5.92. The van der Waals surface area contributed by atoms with E-state index in [0.29, 0.717) is 0 Å². The summed E-state index contributed by atoms with van der Waals surface area (Å²) in [6.45, 7) is 1.36. The average Bonchev–Trinajstić information content (AvgIpc) is 2.60. The van der Waals surface area contributed by atoms with E-state index in [-0.39, 0.29) is 11.1 Å². The van der Waals surface area contributed by atoms with Gasteiger partial charge in [0.15, 0.2) is 0 Å². The average molecular weight is 328 g/mol. The highest BCUT2D eigenvalue weighted by Crippen LogP contribution is 2.12. The maximum absolute atomic E-state index is 12.0. The van der Waals surface area contributed by atoms with Crippen LogP contribution in [0.3, 0.4) is 0 Å². The maximum atomic E-state index is 12.0. The summed E-state index contributed by atoms with van der Waals surface area (Å²) < 4.78 is 10.1. The van der Waals surface area contributed by atoms with Crippen molar-refractivity contribution in [1.29, 1.82) is 0 Å². The van der Waals surface area contributed by atoms with E-state index in [0.717, 1.165) is 0 Å². The van der Waals surface area contributed by atoms with Gasteiger partial charge in [0.2, 0.25) is 6.10 Å². The molecule has 124 valence electrons. The van der Waals surface area contributed by atoms with Gasteiger partial charge in [-0.25, -0.2) is 14.4 Å². The van der Waals surface area contributed by atoms with Crippen molar-refractivity contribution in [2.24, 2.45) is 0 Å². The van der Waals surface area contributed by atoms with Crippen LogP contribution < -0.4 is 0 Å². The first-order valence-corrected chi connectivity index (χ1v) is 7.24. The Morgan fingerprint density at radius 3 is 1.62 bits per heavy atom. The third-order valence-electron chi connectivity index (χ3n) is 3.22. The van der Waals surface area contributed by atoms with Crippen molar-refractivity contribution in [3.8, 4) is 0 Å². The quantitative estimate of drug-likeness (QED) is 0.820. The predicted octanol–water partition coefficient (Wildman–Crippen LogP) is 2.54. The van der Waals surface area contributed by atoms with Gasteiger partial charge in [-0.15, -0.1) is 0 Å². The monoisotopic (exact) mass is 328 g/mol. The molecule has 0 aromatic heterocycles. The van der Waals surface area contributed by atoms with E-state index in [4.69, 9.17) is 9.47 Å². The van der Waals surface area contributed by atoms with Crippen molar-refractivity contribution in [2.45, 2.75) is 19.1 Å². The fraction of sp³-hybridized carbons (Fsp3) is 0.167. The molecule has 0 aliphatic rings. The number of esters is 2. The Balaban J connectivity index is 2.05. The van der Waals surface area contributed by atoms with Crippen LogP contribution >= 0.6 is 0 Å². The number of carboxylic acids is 1. The van der Waals surface area contributed by atoms with E-state index >= 15 is 0 Å². The molecule has 0 bridgehead atoms. The minimum absolute atomic E-state index is 0.213. The van der Waals surface area contributed by atoms with E-state index in [1.54, 1.807) is 48.5 Å². The van der Waals surface area contributed by atoms with Crippen molar-refractivity contribution in [3.63, 3.8) is 0 Å². The van der Waals surface area contributed by atoms with Crippen LogP contribution in [0.25, 0.3) is 0 Å². The third-order valence-corrected chi connectivity index (χ3v) is 3.22. The summed E-state index contributed by atoms with van der Waals surface area (Å²) in [5, 5.41) is 9.25. The Hall–Kier alpha value is -3.15. The first-order chi connectivity index (χ1) is 11.5. The summed E-state index contributed by atoms with van der Waals surface area (Å²) in [7, 11) is 0. The summed E-state index contributed by atoms with van der Waals surface area (Å²) in [6.07, 6.45) is -2.76. The first-order valence-electron chi connectivity index (χ1n) is 7.24. The largest absolute Gasteiger partial charge is 0.478 e. The first kappa shape index (κ1) is 17.2. The van der Waals surface area contributed by atoms with Crippen LogP contribution in [0.4, 0.5) is 0 Å². The number of hydrogen-bond donors (Lipinski definition) is 1. The Bertz CT molecular complexity index is 711. The second-order valence-electron chi connectivity index (χ2n) is 5.01. The number of aliphatic carboxylic acids is 1. The van der Waals surface area contributed by atoms with Crippen molar-refractivity contribution in [2.75, 3.05) is 0 Å². The highest BCUT2D eigenvalue weighted by atomic mass is 16.6. The van der Waals surface area contributed by atoms with E-state index in [9.17, 15) is 19.5 Å². The van der Waals surface area contributed by atoms with Crippen molar-refractivity contribution in [3.05, 3.63) is 71.8 Å². The highest BCUT2D eigenvalue weighted by Gasteiger charge is 2.32. The van der Waals surface area contributed by atoms with Gasteiger partial charge in [0, 0.05) is 0 Å². The summed E-state index contributed by atoms with van der Waals surface area (Å²) in [5.74, 6) is -2.89. The van der Waals surface area contributed by atoms with Gasteiger partial charge in [0.1, 0.15) is 6.10 Å². The molecular weight excluding hydrogens is 312 g/mol. The molecule has 2 aromatic carbocycles. The third kappa shape index (κ3) is 4.42. The number of rotatable bonds is 6. The topological polar surface area (TPSA) is 89.9 Å². The second kappa shape index (κ2) is 7.92. The molecule has 0 radical (unpaired) electrons. The minimum Gasteiger partial charge on any atom is -0.478 e. The number of carbonyl (C=O) groups is 3.